The van der Waals surface area contributed by atoms with Crippen molar-refractivity contribution in [2.75, 3.05) is 0 Å². The summed E-state index contributed by atoms with van der Waals surface area (Å²) in [7, 11) is -3.69. The molecular weight excluding hydrogens is 250 g/mol. The first-order valence-corrected chi connectivity index (χ1v) is 6.39. The maximum absolute atomic E-state index is 11.8. The van der Waals surface area contributed by atoms with Crippen molar-refractivity contribution < 1.29 is 13.2 Å². The highest BCUT2D eigenvalue weighted by Gasteiger charge is 2.25. The van der Waals surface area contributed by atoms with Gasteiger partial charge in [0.2, 0.25) is 10.0 Å². The lowest BCUT2D eigenvalue weighted by molar-refractivity contribution is -0.111. The van der Waals surface area contributed by atoms with Crippen molar-refractivity contribution in [2.24, 2.45) is 0 Å². The molecule has 0 unspecified atom stereocenters. The standard InChI is InChI=1S/C10H12ClNO3S/c1-10(2,7-13)12-16(14,15)9-5-3-8(11)4-6-9/h3-7,12H,1-2H3. The van der Waals surface area contributed by atoms with Crippen molar-refractivity contribution in [3.8, 4) is 0 Å². The number of aldehydes is 1. The number of rotatable bonds is 4. The van der Waals surface area contributed by atoms with Crippen LogP contribution < -0.4 is 4.72 Å². The van der Waals surface area contributed by atoms with Crippen LogP contribution in [0, 0.1) is 0 Å². The molecule has 0 spiro atoms. The molecule has 0 fully saturated rings. The Morgan fingerprint density at radius 1 is 1.25 bits per heavy atom. The highest BCUT2D eigenvalue weighted by molar-refractivity contribution is 7.89. The third kappa shape index (κ3) is 3.30. The molecule has 0 heterocycles. The first-order valence-electron chi connectivity index (χ1n) is 4.53. The van der Waals surface area contributed by atoms with Gasteiger partial charge in [-0.1, -0.05) is 11.6 Å². The number of nitrogens with one attached hydrogen (secondary N) is 1. The van der Waals surface area contributed by atoms with E-state index < -0.39 is 15.6 Å². The second-order valence-electron chi connectivity index (χ2n) is 3.90. The van der Waals surface area contributed by atoms with Crippen LogP contribution in [-0.4, -0.2) is 20.2 Å². The summed E-state index contributed by atoms with van der Waals surface area (Å²) in [4.78, 5) is 10.7. The van der Waals surface area contributed by atoms with Gasteiger partial charge >= 0.3 is 0 Å². The van der Waals surface area contributed by atoms with Crippen molar-refractivity contribution in [3.63, 3.8) is 0 Å². The molecule has 0 aliphatic rings. The van der Waals surface area contributed by atoms with Crippen molar-refractivity contribution in [1.29, 1.82) is 0 Å². The van der Waals surface area contributed by atoms with E-state index in [0.29, 0.717) is 11.3 Å². The van der Waals surface area contributed by atoms with E-state index in [1.165, 1.54) is 38.1 Å². The summed E-state index contributed by atoms with van der Waals surface area (Å²) in [6.45, 7) is 2.96. The van der Waals surface area contributed by atoms with Gasteiger partial charge in [-0.2, -0.15) is 4.72 Å². The molecule has 0 atom stereocenters. The van der Waals surface area contributed by atoms with Crippen molar-refractivity contribution in [3.05, 3.63) is 29.3 Å². The van der Waals surface area contributed by atoms with Crippen LogP contribution in [-0.2, 0) is 14.8 Å². The molecule has 0 saturated carbocycles. The molecule has 0 amide bonds. The lowest BCUT2D eigenvalue weighted by Gasteiger charge is -2.18. The predicted molar refractivity (Wildman–Crippen MR) is 61.9 cm³/mol. The number of hydrogen-bond acceptors (Lipinski definition) is 3. The van der Waals surface area contributed by atoms with Gasteiger partial charge in [0.25, 0.3) is 0 Å². The zero-order valence-corrected chi connectivity index (χ0v) is 10.5. The third-order valence-electron chi connectivity index (χ3n) is 1.82. The monoisotopic (exact) mass is 261 g/mol. The van der Waals surface area contributed by atoms with Crippen molar-refractivity contribution >= 4 is 27.9 Å². The first-order chi connectivity index (χ1) is 7.27. The van der Waals surface area contributed by atoms with Crippen LogP contribution in [0.5, 0.6) is 0 Å². The number of halogens is 1. The van der Waals surface area contributed by atoms with E-state index in [1.54, 1.807) is 0 Å². The minimum absolute atomic E-state index is 0.0758. The average molecular weight is 262 g/mol. The van der Waals surface area contributed by atoms with E-state index in [-0.39, 0.29) is 4.90 Å². The Morgan fingerprint density at radius 3 is 2.19 bits per heavy atom. The summed E-state index contributed by atoms with van der Waals surface area (Å²) in [6.07, 6.45) is 0.542. The lowest BCUT2D eigenvalue weighted by Crippen LogP contribution is -2.44. The van der Waals surface area contributed by atoms with Crippen molar-refractivity contribution in [2.45, 2.75) is 24.3 Å². The Balaban J connectivity index is 3.04. The summed E-state index contributed by atoms with van der Waals surface area (Å²) in [6, 6.07) is 5.71. The highest BCUT2D eigenvalue weighted by atomic mass is 35.5. The molecule has 1 rings (SSSR count). The van der Waals surface area contributed by atoms with E-state index in [0.717, 1.165) is 0 Å². The number of benzene rings is 1. The summed E-state index contributed by atoms with van der Waals surface area (Å²) >= 11 is 5.65. The Kier molecular flexibility index (Phi) is 3.72. The van der Waals surface area contributed by atoms with Gasteiger partial charge < -0.3 is 4.79 Å². The summed E-state index contributed by atoms with van der Waals surface area (Å²) in [5.41, 5.74) is -1.13. The molecule has 16 heavy (non-hydrogen) atoms. The highest BCUT2D eigenvalue weighted by Crippen LogP contribution is 2.15. The topological polar surface area (TPSA) is 63.2 Å². The van der Waals surface area contributed by atoms with E-state index >= 15 is 0 Å². The van der Waals surface area contributed by atoms with Crippen LogP contribution in [0.15, 0.2) is 29.2 Å². The van der Waals surface area contributed by atoms with Crippen LogP contribution in [0.1, 0.15) is 13.8 Å². The Labute approximate surface area is 99.7 Å². The summed E-state index contributed by atoms with van der Waals surface area (Å²) in [5.74, 6) is 0. The molecule has 1 N–H and O–H groups in total. The van der Waals surface area contributed by atoms with Gasteiger partial charge in [0, 0.05) is 5.02 Å². The molecule has 1 aromatic carbocycles. The maximum Gasteiger partial charge on any atom is 0.241 e. The molecule has 1 aromatic rings. The summed E-state index contributed by atoms with van der Waals surface area (Å²) < 4.78 is 25.9. The van der Waals surface area contributed by atoms with Crippen LogP contribution in [0.4, 0.5) is 0 Å². The normalized spacial score (nSPS) is 12.4. The fraction of sp³-hybridized carbons (Fsp3) is 0.300. The number of hydrogen-bond donors (Lipinski definition) is 1. The molecule has 0 saturated heterocycles. The Morgan fingerprint density at radius 2 is 1.75 bits per heavy atom. The van der Waals surface area contributed by atoms with Crippen LogP contribution in [0.2, 0.25) is 5.02 Å². The Bertz CT molecular complexity index is 479. The number of carbonyl (C=O) groups is 1. The second-order valence-corrected chi connectivity index (χ2v) is 6.02. The Hall–Kier alpha value is -0.910. The van der Waals surface area contributed by atoms with E-state index in [2.05, 4.69) is 4.72 Å². The minimum Gasteiger partial charge on any atom is -0.301 e. The molecular formula is C10H12ClNO3S. The quantitative estimate of drug-likeness (QED) is 0.838. The van der Waals surface area contributed by atoms with Crippen molar-refractivity contribution in [1.82, 2.24) is 4.72 Å². The van der Waals surface area contributed by atoms with Crippen LogP contribution in [0.3, 0.4) is 0 Å². The largest absolute Gasteiger partial charge is 0.301 e. The molecule has 0 aliphatic carbocycles. The molecule has 88 valence electrons. The SMILES string of the molecule is CC(C)(C=O)NS(=O)(=O)c1ccc(Cl)cc1. The van der Waals surface area contributed by atoms with Gasteiger partial charge in [-0.3, -0.25) is 0 Å². The molecule has 0 bridgehead atoms. The first kappa shape index (κ1) is 13.2. The molecule has 0 aliphatic heterocycles. The fourth-order valence-corrected chi connectivity index (χ4v) is 2.52. The zero-order valence-electron chi connectivity index (χ0n) is 8.90. The minimum atomic E-state index is -3.69. The smallest absolute Gasteiger partial charge is 0.241 e. The molecule has 0 aromatic heterocycles. The number of sulfonamides is 1. The summed E-state index contributed by atoms with van der Waals surface area (Å²) in [5, 5.41) is 0.452. The van der Waals surface area contributed by atoms with Gasteiger partial charge in [-0.25, -0.2) is 8.42 Å². The van der Waals surface area contributed by atoms with Gasteiger partial charge in [-0.15, -0.1) is 0 Å². The predicted octanol–water partition coefficient (Wildman–Crippen LogP) is 1.60. The van der Waals surface area contributed by atoms with Gasteiger partial charge in [0.1, 0.15) is 6.29 Å². The second kappa shape index (κ2) is 4.53. The van der Waals surface area contributed by atoms with E-state index in [1.807, 2.05) is 0 Å². The van der Waals surface area contributed by atoms with Gasteiger partial charge in [0.05, 0.1) is 10.4 Å². The third-order valence-corrected chi connectivity index (χ3v) is 3.76. The van der Waals surface area contributed by atoms with E-state index in [4.69, 9.17) is 11.6 Å². The van der Waals surface area contributed by atoms with Gasteiger partial charge in [0.15, 0.2) is 0 Å². The van der Waals surface area contributed by atoms with E-state index in [9.17, 15) is 13.2 Å². The van der Waals surface area contributed by atoms with Gasteiger partial charge in [-0.05, 0) is 38.1 Å². The fourth-order valence-electron chi connectivity index (χ4n) is 1.04. The zero-order chi connectivity index (χ0) is 12.4. The average Bonchev–Trinajstić information content (AvgIpc) is 2.17. The van der Waals surface area contributed by atoms with Crippen LogP contribution >= 0.6 is 11.6 Å². The lowest BCUT2D eigenvalue weighted by atomic mass is 10.1. The number of carbonyl (C=O) groups excluding carboxylic acids is 1. The molecule has 0 radical (unpaired) electrons. The molecule has 4 nitrogen and oxygen atoms in total. The molecule has 6 heteroatoms. The van der Waals surface area contributed by atoms with Crippen LogP contribution in [0.25, 0.3) is 0 Å². The maximum atomic E-state index is 11.8.